The number of hydrogen-bond acceptors (Lipinski definition) is 4. The van der Waals surface area contributed by atoms with Crippen molar-refractivity contribution in [2.45, 2.75) is 226 Å². The molecule has 1 heterocycles. The minimum atomic E-state index is -0.159. The van der Waals surface area contributed by atoms with E-state index in [-0.39, 0.29) is 12.4 Å². The normalized spacial score (nSPS) is 11.1. The third-order valence-electron chi connectivity index (χ3n) is 9.24. The molecule has 0 fully saturated rings. The van der Waals surface area contributed by atoms with Gasteiger partial charge in [-0.05, 0) is 25.0 Å². The molecule has 0 saturated heterocycles. The number of aliphatic hydroxyl groups is 1. The van der Waals surface area contributed by atoms with Crippen molar-refractivity contribution >= 4 is 6.29 Å². The second-order valence-electron chi connectivity index (χ2n) is 13.8. The van der Waals surface area contributed by atoms with E-state index in [1.54, 1.807) is 6.07 Å². The van der Waals surface area contributed by atoms with E-state index in [0.29, 0.717) is 12.0 Å². The standard InChI is InChI=1S/C36H74O.C6H6O3/c1-3-5-7-9-11-13-15-17-19-21-23-25-27-29-31-33-35-37-36-34-32-30-28-26-24-22-20-18-16-14-12-10-8-6-4-2;7-3-5-1-2-6(4-8)9-5/h3-36H2,1-2H3;1-3,8H,4H2. The number of unbranched alkanes of at least 4 members (excludes halogenated alkanes) is 30. The van der Waals surface area contributed by atoms with Crippen molar-refractivity contribution in [2.24, 2.45) is 0 Å². The molecule has 0 atom stereocenters. The number of carbonyl (C=O) groups is 1. The van der Waals surface area contributed by atoms with Gasteiger partial charge in [0, 0.05) is 13.2 Å². The highest BCUT2D eigenvalue weighted by molar-refractivity contribution is 5.70. The Morgan fingerprint density at radius 1 is 0.478 bits per heavy atom. The van der Waals surface area contributed by atoms with Crippen LogP contribution in [0.3, 0.4) is 0 Å². The second-order valence-corrected chi connectivity index (χ2v) is 13.8. The van der Waals surface area contributed by atoms with Gasteiger partial charge in [0.15, 0.2) is 12.0 Å². The first-order valence-electron chi connectivity index (χ1n) is 20.5. The third kappa shape index (κ3) is 35.7. The minimum Gasteiger partial charge on any atom is -0.456 e. The highest BCUT2D eigenvalue weighted by atomic mass is 16.5. The Balaban J connectivity index is 0.00000191. The van der Waals surface area contributed by atoms with E-state index >= 15 is 0 Å². The van der Waals surface area contributed by atoms with Gasteiger partial charge in [-0.3, -0.25) is 4.79 Å². The first kappa shape index (κ1) is 44.9. The minimum absolute atomic E-state index is 0.159. The van der Waals surface area contributed by atoms with E-state index in [4.69, 9.17) is 14.3 Å². The van der Waals surface area contributed by atoms with Crippen LogP contribution < -0.4 is 0 Å². The van der Waals surface area contributed by atoms with Crippen LogP contribution in [0.5, 0.6) is 0 Å². The fraction of sp³-hybridized carbons (Fsp3) is 0.881. The zero-order valence-electron chi connectivity index (χ0n) is 31.2. The molecule has 4 nitrogen and oxygen atoms in total. The molecule has 0 radical (unpaired) electrons. The van der Waals surface area contributed by atoms with Gasteiger partial charge in [-0.1, -0.05) is 206 Å². The molecule has 1 aromatic heterocycles. The molecule has 0 aliphatic carbocycles. The zero-order valence-corrected chi connectivity index (χ0v) is 31.2. The van der Waals surface area contributed by atoms with Crippen LogP contribution in [0.1, 0.15) is 236 Å². The Hall–Kier alpha value is -1.13. The van der Waals surface area contributed by atoms with Gasteiger partial charge in [0.2, 0.25) is 0 Å². The van der Waals surface area contributed by atoms with Gasteiger partial charge in [-0.2, -0.15) is 0 Å². The summed E-state index contributed by atoms with van der Waals surface area (Å²) in [7, 11) is 0. The van der Waals surface area contributed by atoms with Gasteiger partial charge >= 0.3 is 0 Å². The number of ether oxygens (including phenoxy) is 1. The van der Waals surface area contributed by atoms with Gasteiger partial charge in [-0.15, -0.1) is 0 Å². The monoisotopic (exact) mass is 649 g/mol. The summed E-state index contributed by atoms with van der Waals surface area (Å²) in [5.74, 6) is 0.663. The lowest BCUT2D eigenvalue weighted by Gasteiger charge is -2.06. The van der Waals surface area contributed by atoms with Crippen molar-refractivity contribution < 1.29 is 19.1 Å². The van der Waals surface area contributed by atoms with Crippen LogP contribution in [0.4, 0.5) is 0 Å². The van der Waals surface area contributed by atoms with Crippen LogP contribution in [0.2, 0.25) is 0 Å². The summed E-state index contributed by atoms with van der Waals surface area (Å²) in [6.07, 6.45) is 46.6. The van der Waals surface area contributed by atoms with E-state index in [1.165, 1.54) is 212 Å². The molecule has 0 spiro atoms. The van der Waals surface area contributed by atoms with Gasteiger partial charge < -0.3 is 14.3 Å². The number of carbonyl (C=O) groups excluding carboxylic acids is 1. The number of rotatable bonds is 36. The summed E-state index contributed by atoms with van der Waals surface area (Å²) >= 11 is 0. The Labute approximate surface area is 287 Å². The molecule has 0 aliphatic heterocycles. The maximum atomic E-state index is 9.96. The number of hydrogen-bond donors (Lipinski definition) is 1. The number of furan rings is 1. The van der Waals surface area contributed by atoms with E-state index in [9.17, 15) is 4.79 Å². The fourth-order valence-corrected chi connectivity index (χ4v) is 6.15. The number of aldehydes is 1. The Bertz CT molecular complexity index is 651. The summed E-state index contributed by atoms with van der Waals surface area (Å²) in [5.41, 5.74) is 0. The van der Waals surface area contributed by atoms with Crippen molar-refractivity contribution in [3.63, 3.8) is 0 Å². The highest BCUT2D eigenvalue weighted by Gasteiger charge is 1.98. The molecule has 1 N–H and O–H groups in total. The largest absolute Gasteiger partial charge is 0.456 e. The number of aliphatic hydroxyl groups excluding tert-OH is 1. The molecular weight excluding hydrogens is 568 g/mol. The first-order valence-corrected chi connectivity index (χ1v) is 20.5. The predicted molar refractivity (Wildman–Crippen MR) is 200 cm³/mol. The maximum Gasteiger partial charge on any atom is 0.185 e. The average molecular weight is 649 g/mol. The van der Waals surface area contributed by atoms with Crippen molar-refractivity contribution in [1.29, 1.82) is 0 Å². The molecule has 4 heteroatoms. The van der Waals surface area contributed by atoms with E-state index in [1.807, 2.05) is 0 Å². The van der Waals surface area contributed by atoms with E-state index in [2.05, 4.69) is 13.8 Å². The van der Waals surface area contributed by atoms with Crippen molar-refractivity contribution in [3.8, 4) is 0 Å². The SMILES string of the molecule is CCCCCCCCCCCCCCCCCCOCCCCCCCCCCCCCCCCCC.O=Cc1ccc(CO)o1. The molecule has 1 aromatic rings. The molecule has 0 bridgehead atoms. The van der Waals surface area contributed by atoms with Crippen molar-refractivity contribution in [1.82, 2.24) is 0 Å². The molecule has 0 saturated carbocycles. The molecule has 0 amide bonds. The third-order valence-corrected chi connectivity index (χ3v) is 9.24. The van der Waals surface area contributed by atoms with Gasteiger partial charge in [0.25, 0.3) is 0 Å². The molecule has 0 aromatic carbocycles. The van der Waals surface area contributed by atoms with Gasteiger partial charge in [-0.25, -0.2) is 0 Å². The molecule has 1 rings (SSSR count). The summed E-state index contributed by atoms with van der Waals surface area (Å²) < 4.78 is 10.6. The summed E-state index contributed by atoms with van der Waals surface area (Å²) in [5, 5.41) is 8.44. The molecule has 46 heavy (non-hydrogen) atoms. The van der Waals surface area contributed by atoms with Crippen molar-refractivity contribution in [3.05, 3.63) is 23.7 Å². The zero-order chi connectivity index (χ0) is 33.4. The van der Waals surface area contributed by atoms with Crippen LogP contribution >= 0.6 is 0 Å². The predicted octanol–water partition coefficient (Wildman–Crippen LogP) is 14.1. The first-order chi connectivity index (χ1) is 22.8. The highest BCUT2D eigenvalue weighted by Crippen LogP contribution is 2.15. The van der Waals surface area contributed by atoms with Crippen LogP contribution in [-0.2, 0) is 11.3 Å². The Kier molecular flexibility index (Phi) is 39.1. The van der Waals surface area contributed by atoms with Crippen LogP contribution in [-0.4, -0.2) is 24.6 Å². The molecular formula is C42H80O4. The summed E-state index contributed by atoms with van der Waals surface area (Å²) in [4.78, 5) is 9.96. The topological polar surface area (TPSA) is 59.7 Å². The quantitative estimate of drug-likeness (QED) is 0.0581. The van der Waals surface area contributed by atoms with Gasteiger partial charge in [0.05, 0.1) is 0 Å². The van der Waals surface area contributed by atoms with Crippen molar-refractivity contribution in [2.75, 3.05) is 13.2 Å². The molecule has 0 unspecified atom stereocenters. The average Bonchev–Trinajstić information content (AvgIpc) is 3.56. The molecule has 272 valence electrons. The lowest BCUT2D eigenvalue weighted by Crippen LogP contribution is -1.97. The van der Waals surface area contributed by atoms with Crippen LogP contribution in [0.15, 0.2) is 16.5 Å². The summed E-state index contributed by atoms with van der Waals surface area (Å²) in [6, 6.07) is 3.07. The Morgan fingerprint density at radius 2 is 0.761 bits per heavy atom. The van der Waals surface area contributed by atoms with E-state index in [0.717, 1.165) is 13.2 Å². The second kappa shape index (κ2) is 40.0. The summed E-state index contributed by atoms with van der Waals surface area (Å²) in [6.45, 7) is 6.44. The van der Waals surface area contributed by atoms with Gasteiger partial charge in [0.1, 0.15) is 12.4 Å². The Morgan fingerprint density at radius 3 is 0.978 bits per heavy atom. The fourth-order valence-electron chi connectivity index (χ4n) is 6.15. The smallest absolute Gasteiger partial charge is 0.185 e. The maximum absolute atomic E-state index is 9.96. The van der Waals surface area contributed by atoms with Crippen LogP contribution in [0, 0.1) is 0 Å². The molecule has 0 aliphatic rings. The van der Waals surface area contributed by atoms with E-state index < -0.39 is 0 Å². The lowest BCUT2D eigenvalue weighted by atomic mass is 10.0. The van der Waals surface area contributed by atoms with Crippen LogP contribution in [0.25, 0.3) is 0 Å². The lowest BCUT2D eigenvalue weighted by molar-refractivity contribution is 0.109.